The summed E-state index contributed by atoms with van der Waals surface area (Å²) in [6.45, 7) is 2.35. The third kappa shape index (κ3) is 2.85. The van der Waals surface area contributed by atoms with Crippen LogP contribution in [0.2, 0.25) is 0 Å². The average molecular weight is 285 g/mol. The minimum atomic E-state index is -0.254. The molecule has 3 rings (SSSR count). The molecule has 0 radical (unpaired) electrons. The van der Waals surface area contributed by atoms with E-state index in [-0.39, 0.29) is 12.5 Å². The predicted octanol–water partition coefficient (Wildman–Crippen LogP) is 1.97. The van der Waals surface area contributed by atoms with E-state index >= 15 is 0 Å². The highest BCUT2D eigenvalue weighted by molar-refractivity contribution is 5.76. The van der Waals surface area contributed by atoms with E-state index in [0.29, 0.717) is 24.0 Å². The first-order valence-corrected chi connectivity index (χ1v) is 7.58. The molecule has 0 aliphatic heterocycles. The molecule has 2 aliphatic carbocycles. The summed E-state index contributed by atoms with van der Waals surface area (Å²) in [7, 11) is 0. The van der Waals surface area contributed by atoms with E-state index < -0.39 is 0 Å². The number of rotatable bonds is 5. The second kappa shape index (κ2) is 5.72. The van der Waals surface area contributed by atoms with Gasteiger partial charge in [0.25, 0.3) is 0 Å². The highest BCUT2D eigenvalue weighted by atomic mass is 16.5. The molecular formula is C16H19N3O2. The van der Waals surface area contributed by atoms with E-state index in [4.69, 9.17) is 9.72 Å². The van der Waals surface area contributed by atoms with Crippen molar-refractivity contribution in [3.63, 3.8) is 0 Å². The molecule has 5 nitrogen and oxygen atoms in total. The van der Waals surface area contributed by atoms with E-state index in [1.165, 1.54) is 5.56 Å². The summed E-state index contributed by atoms with van der Waals surface area (Å²) in [5.41, 5.74) is 2.84. The van der Waals surface area contributed by atoms with E-state index in [9.17, 15) is 10.1 Å². The number of hydrogen-bond donors (Lipinski definition) is 0. The zero-order valence-corrected chi connectivity index (χ0v) is 12.3. The normalized spacial score (nSPS) is 16.2. The fourth-order valence-corrected chi connectivity index (χ4v) is 2.87. The number of carbonyl (C=O) groups excluding carboxylic acids is 1. The van der Waals surface area contributed by atoms with Crippen LogP contribution in [0.1, 0.15) is 43.0 Å². The number of pyridine rings is 1. The third-order valence-corrected chi connectivity index (χ3v) is 4.02. The molecule has 0 saturated heterocycles. The molecule has 0 atom stereocenters. The molecule has 1 saturated carbocycles. The van der Waals surface area contributed by atoms with Crippen molar-refractivity contribution in [2.24, 2.45) is 0 Å². The first kappa shape index (κ1) is 13.9. The molecule has 1 heterocycles. The molecule has 110 valence electrons. The summed E-state index contributed by atoms with van der Waals surface area (Å²) in [4.78, 5) is 18.5. The van der Waals surface area contributed by atoms with Crippen molar-refractivity contribution >= 4 is 11.8 Å². The lowest BCUT2D eigenvalue weighted by Gasteiger charge is -2.24. The molecule has 5 heteroatoms. The molecular weight excluding hydrogens is 266 g/mol. The summed E-state index contributed by atoms with van der Waals surface area (Å²) < 4.78 is 5.05. The van der Waals surface area contributed by atoms with Gasteiger partial charge in [0.2, 0.25) is 0 Å². The lowest BCUT2D eigenvalue weighted by molar-refractivity contribution is -0.141. The lowest BCUT2D eigenvalue weighted by Crippen LogP contribution is -2.34. The van der Waals surface area contributed by atoms with Crippen molar-refractivity contribution in [2.75, 3.05) is 18.1 Å². The van der Waals surface area contributed by atoms with E-state index in [1.807, 2.05) is 11.0 Å². The summed E-state index contributed by atoms with van der Waals surface area (Å²) >= 11 is 0. The Balaban J connectivity index is 1.92. The molecule has 1 aromatic rings. The molecule has 0 unspecified atom stereocenters. The summed E-state index contributed by atoms with van der Waals surface area (Å²) in [6.07, 6.45) is 5.15. The SMILES string of the molecule is CCOC(=O)CN(c1nc2c(cc1C#N)CCC2)C1CC1. The smallest absolute Gasteiger partial charge is 0.325 e. The topological polar surface area (TPSA) is 66.2 Å². The molecule has 2 aliphatic rings. The quantitative estimate of drug-likeness (QED) is 0.774. The average Bonchev–Trinajstić information content (AvgIpc) is 3.21. The largest absolute Gasteiger partial charge is 0.465 e. The standard InChI is InChI=1S/C16H19N3O2/c1-2-21-15(20)10-19(13-6-7-13)16-12(9-17)8-11-4-3-5-14(11)18-16/h8,13H,2-7,10H2,1H3. The zero-order chi connectivity index (χ0) is 14.8. The molecule has 1 fully saturated rings. The van der Waals surface area contributed by atoms with Crippen molar-refractivity contribution in [1.29, 1.82) is 5.26 Å². The molecule has 21 heavy (non-hydrogen) atoms. The van der Waals surface area contributed by atoms with Gasteiger partial charge in [0, 0.05) is 11.7 Å². The van der Waals surface area contributed by atoms with Crippen LogP contribution in [0.5, 0.6) is 0 Å². The van der Waals surface area contributed by atoms with Crippen molar-refractivity contribution in [3.05, 3.63) is 22.9 Å². The number of nitriles is 1. The minimum absolute atomic E-state index is 0.180. The van der Waals surface area contributed by atoms with E-state index in [0.717, 1.165) is 37.8 Å². The Kier molecular flexibility index (Phi) is 3.78. The summed E-state index contributed by atoms with van der Waals surface area (Å²) in [6, 6.07) is 4.50. The Morgan fingerprint density at radius 2 is 2.33 bits per heavy atom. The molecule has 0 aromatic carbocycles. The number of ether oxygens (including phenoxy) is 1. The van der Waals surface area contributed by atoms with E-state index in [1.54, 1.807) is 6.92 Å². The van der Waals surface area contributed by atoms with Gasteiger partial charge in [-0.25, -0.2) is 4.98 Å². The Hall–Kier alpha value is -2.09. The summed E-state index contributed by atoms with van der Waals surface area (Å²) in [5, 5.41) is 9.41. The van der Waals surface area contributed by atoms with Crippen LogP contribution in [0.15, 0.2) is 6.07 Å². The number of esters is 1. The van der Waals surface area contributed by atoms with Gasteiger partial charge in [-0.1, -0.05) is 0 Å². The second-order valence-electron chi connectivity index (χ2n) is 5.59. The second-order valence-corrected chi connectivity index (χ2v) is 5.59. The molecule has 0 amide bonds. The van der Waals surface area contributed by atoms with Crippen molar-refractivity contribution < 1.29 is 9.53 Å². The Bertz CT molecular complexity index is 602. The molecule has 0 spiro atoms. The van der Waals surface area contributed by atoms with Crippen LogP contribution in [0.4, 0.5) is 5.82 Å². The zero-order valence-electron chi connectivity index (χ0n) is 12.3. The van der Waals surface area contributed by atoms with Crippen molar-refractivity contribution in [1.82, 2.24) is 4.98 Å². The van der Waals surface area contributed by atoms with Crippen LogP contribution in [0.3, 0.4) is 0 Å². The maximum absolute atomic E-state index is 11.8. The molecule has 0 N–H and O–H groups in total. The number of carbonyl (C=O) groups is 1. The molecule has 1 aromatic heterocycles. The number of nitrogens with zero attached hydrogens (tertiary/aromatic N) is 3. The van der Waals surface area contributed by atoms with Gasteiger partial charge >= 0.3 is 5.97 Å². The van der Waals surface area contributed by atoms with Gasteiger partial charge in [-0.15, -0.1) is 0 Å². The number of aromatic nitrogens is 1. The van der Waals surface area contributed by atoms with Crippen LogP contribution < -0.4 is 4.90 Å². The van der Waals surface area contributed by atoms with Crippen LogP contribution in [0, 0.1) is 11.3 Å². The van der Waals surface area contributed by atoms with Gasteiger partial charge in [0.15, 0.2) is 0 Å². The fraction of sp³-hybridized carbons (Fsp3) is 0.562. The molecule has 0 bridgehead atoms. The number of hydrogen-bond acceptors (Lipinski definition) is 5. The fourth-order valence-electron chi connectivity index (χ4n) is 2.87. The van der Waals surface area contributed by atoms with Crippen LogP contribution in [-0.2, 0) is 22.4 Å². The predicted molar refractivity (Wildman–Crippen MR) is 78.0 cm³/mol. The van der Waals surface area contributed by atoms with Gasteiger partial charge in [0.05, 0.1) is 12.2 Å². The Morgan fingerprint density at radius 3 is 3.00 bits per heavy atom. The third-order valence-electron chi connectivity index (χ3n) is 4.02. The number of fused-ring (bicyclic) bond motifs is 1. The van der Waals surface area contributed by atoms with Gasteiger partial charge in [-0.05, 0) is 50.7 Å². The monoisotopic (exact) mass is 285 g/mol. The highest BCUT2D eigenvalue weighted by Crippen LogP contribution is 2.34. The van der Waals surface area contributed by atoms with Gasteiger partial charge in [0.1, 0.15) is 18.4 Å². The first-order chi connectivity index (χ1) is 10.2. The van der Waals surface area contributed by atoms with E-state index in [2.05, 4.69) is 6.07 Å². The maximum atomic E-state index is 11.8. The van der Waals surface area contributed by atoms with Gasteiger partial charge < -0.3 is 9.64 Å². The summed E-state index contributed by atoms with van der Waals surface area (Å²) in [5.74, 6) is 0.407. The first-order valence-electron chi connectivity index (χ1n) is 7.58. The maximum Gasteiger partial charge on any atom is 0.325 e. The van der Waals surface area contributed by atoms with Crippen LogP contribution >= 0.6 is 0 Å². The van der Waals surface area contributed by atoms with Crippen molar-refractivity contribution in [3.8, 4) is 6.07 Å². The van der Waals surface area contributed by atoms with Gasteiger partial charge in [-0.3, -0.25) is 4.79 Å². The van der Waals surface area contributed by atoms with Crippen LogP contribution in [0.25, 0.3) is 0 Å². The van der Waals surface area contributed by atoms with Crippen molar-refractivity contribution in [2.45, 2.75) is 45.1 Å². The highest BCUT2D eigenvalue weighted by Gasteiger charge is 2.34. The number of anilines is 1. The van der Waals surface area contributed by atoms with Gasteiger partial charge in [-0.2, -0.15) is 5.26 Å². The Morgan fingerprint density at radius 1 is 1.52 bits per heavy atom. The minimum Gasteiger partial charge on any atom is -0.465 e. The number of aryl methyl sites for hydroxylation is 2. The Labute approximate surface area is 124 Å². The van der Waals surface area contributed by atoms with Crippen LogP contribution in [-0.4, -0.2) is 30.1 Å². The lowest BCUT2D eigenvalue weighted by atomic mass is 10.1.